The summed E-state index contributed by atoms with van der Waals surface area (Å²) in [5.41, 5.74) is 8.61. The average Bonchev–Trinajstić information content (AvgIpc) is 3.66. The van der Waals surface area contributed by atoms with Crippen LogP contribution in [-0.4, -0.2) is 31.6 Å². The van der Waals surface area contributed by atoms with E-state index in [1.165, 1.54) is 0 Å². The molecular formula is C34H30Cl4N8. The first-order chi connectivity index (χ1) is 20.6. The number of benzene rings is 5. The number of aromatic nitrogens is 4. The van der Waals surface area contributed by atoms with Gasteiger partial charge in [0.05, 0.1) is 22.1 Å². The minimum atomic E-state index is 0. The molecular weight excluding hydrogens is 662 g/mol. The molecule has 2 heterocycles. The van der Waals surface area contributed by atoms with Crippen LogP contribution in [0.15, 0.2) is 121 Å². The molecule has 0 aliphatic rings. The lowest BCUT2D eigenvalue weighted by molar-refractivity contribution is 1.32. The molecule has 0 saturated carbocycles. The summed E-state index contributed by atoms with van der Waals surface area (Å²) in [7, 11) is 0. The number of nitrogens with one attached hydrogen (secondary N) is 6. The molecule has 12 heteroatoms. The van der Waals surface area contributed by atoms with E-state index >= 15 is 0 Å². The summed E-state index contributed by atoms with van der Waals surface area (Å²) in [6.07, 6.45) is 0. The summed E-state index contributed by atoms with van der Waals surface area (Å²) in [5.74, 6) is 2.17. The number of fused-ring (bicyclic) bond motifs is 2. The van der Waals surface area contributed by atoms with Crippen LogP contribution in [0.2, 0.25) is 0 Å². The van der Waals surface area contributed by atoms with Crippen LogP contribution in [0.5, 0.6) is 0 Å². The second kappa shape index (κ2) is 15.4. The molecule has 0 atom stereocenters. The van der Waals surface area contributed by atoms with Crippen molar-refractivity contribution in [2.45, 2.75) is 0 Å². The molecule has 0 unspecified atom stereocenters. The number of hydrogen-bond donors (Lipinski definition) is 6. The van der Waals surface area contributed by atoms with Crippen molar-refractivity contribution in [3.8, 4) is 22.8 Å². The number of halogens is 4. The van der Waals surface area contributed by atoms with Crippen LogP contribution >= 0.6 is 49.6 Å². The summed E-state index contributed by atoms with van der Waals surface area (Å²) in [6, 6.07) is 39.0. The van der Waals surface area contributed by atoms with Crippen LogP contribution in [0, 0.1) is 10.8 Å². The zero-order chi connectivity index (χ0) is 28.5. The highest BCUT2D eigenvalue weighted by molar-refractivity contribution is 6.08. The maximum atomic E-state index is 8.47. The molecule has 0 fully saturated rings. The number of amidine groups is 2. The molecule has 0 saturated heterocycles. The summed E-state index contributed by atoms with van der Waals surface area (Å²) in [6.45, 7) is 0. The molecule has 7 rings (SSSR count). The summed E-state index contributed by atoms with van der Waals surface area (Å²) in [5, 5.41) is 23.2. The number of H-pyrrole nitrogens is 2. The minimum Gasteiger partial charge on any atom is -0.340 e. The van der Waals surface area contributed by atoms with Gasteiger partial charge in [0, 0.05) is 33.6 Å². The summed E-state index contributed by atoms with van der Waals surface area (Å²) in [4.78, 5) is 16.3. The predicted octanol–water partition coefficient (Wildman–Crippen LogP) is 9.34. The Morgan fingerprint density at radius 2 is 0.848 bits per heavy atom. The second-order valence-corrected chi connectivity index (χ2v) is 9.94. The highest BCUT2D eigenvalue weighted by Crippen LogP contribution is 2.26. The molecule has 0 aliphatic carbocycles. The Morgan fingerprint density at radius 1 is 0.478 bits per heavy atom. The molecule has 6 N–H and O–H groups in total. The molecule has 0 bridgehead atoms. The van der Waals surface area contributed by atoms with Gasteiger partial charge < -0.3 is 20.6 Å². The van der Waals surface area contributed by atoms with Gasteiger partial charge in [-0.2, -0.15) is 0 Å². The van der Waals surface area contributed by atoms with E-state index in [2.05, 4.69) is 20.6 Å². The van der Waals surface area contributed by atoms with Gasteiger partial charge in [0.15, 0.2) is 0 Å². The van der Waals surface area contributed by atoms with Crippen LogP contribution in [0.3, 0.4) is 0 Å². The Kier molecular flexibility index (Phi) is 11.9. The van der Waals surface area contributed by atoms with E-state index in [0.29, 0.717) is 11.7 Å². The lowest BCUT2D eigenvalue weighted by Gasteiger charge is -2.07. The molecule has 2 aromatic heterocycles. The average molecular weight is 692 g/mol. The molecule has 0 aliphatic heterocycles. The van der Waals surface area contributed by atoms with Crippen LogP contribution in [0.4, 0.5) is 11.4 Å². The number of imidazole rings is 2. The maximum absolute atomic E-state index is 8.47. The van der Waals surface area contributed by atoms with Crippen molar-refractivity contribution in [2.75, 3.05) is 10.6 Å². The molecule has 0 amide bonds. The molecule has 8 nitrogen and oxygen atoms in total. The normalized spacial score (nSPS) is 10.1. The van der Waals surface area contributed by atoms with Gasteiger partial charge in [-0.3, -0.25) is 10.8 Å². The zero-order valence-corrected chi connectivity index (χ0v) is 27.3. The van der Waals surface area contributed by atoms with Gasteiger partial charge >= 0.3 is 0 Å². The number of anilines is 2. The molecule has 5 aromatic carbocycles. The maximum Gasteiger partial charge on any atom is 0.138 e. The van der Waals surface area contributed by atoms with Gasteiger partial charge in [-0.15, -0.1) is 49.6 Å². The number of nitrogens with zero attached hydrogens (tertiary/aromatic N) is 2. The zero-order valence-electron chi connectivity index (χ0n) is 24.1. The van der Waals surface area contributed by atoms with E-state index in [1.807, 2.05) is 121 Å². The second-order valence-electron chi connectivity index (χ2n) is 9.94. The topological polar surface area (TPSA) is 129 Å². The van der Waals surface area contributed by atoms with Crippen molar-refractivity contribution in [3.63, 3.8) is 0 Å². The Labute approximate surface area is 290 Å². The van der Waals surface area contributed by atoms with Crippen molar-refractivity contribution in [1.29, 1.82) is 10.8 Å². The monoisotopic (exact) mass is 690 g/mol. The summed E-state index contributed by atoms with van der Waals surface area (Å²) >= 11 is 0. The quantitative estimate of drug-likeness (QED) is 0.0767. The van der Waals surface area contributed by atoms with Gasteiger partial charge in [-0.1, -0.05) is 60.7 Å². The largest absolute Gasteiger partial charge is 0.340 e. The van der Waals surface area contributed by atoms with E-state index in [4.69, 9.17) is 20.8 Å². The van der Waals surface area contributed by atoms with Crippen LogP contribution in [0.25, 0.3) is 44.8 Å². The smallest absolute Gasteiger partial charge is 0.138 e. The fourth-order valence-corrected chi connectivity index (χ4v) is 4.87. The predicted molar refractivity (Wildman–Crippen MR) is 199 cm³/mol. The van der Waals surface area contributed by atoms with Crippen LogP contribution < -0.4 is 10.6 Å². The summed E-state index contributed by atoms with van der Waals surface area (Å²) < 4.78 is 0. The lowest BCUT2D eigenvalue weighted by Crippen LogP contribution is -2.11. The van der Waals surface area contributed by atoms with Crippen molar-refractivity contribution < 1.29 is 0 Å². The third-order valence-electron chi connectivity index (χ3n) is 7.06. The number of hydrogen-bond acceptors (Lipinski definition) is 4. The van der Waals surface area contributed by atoms with Gasteiger partial charge in [0.1, 0.15) is 23.3 Å². The van der Waals surface area contributed by atoms with Crippen molar-refractivity contribution in [1.82, 2.24) is 19.9 Å². The lowest BCUT2D eigenvalue weighted by atomic mass is 10.1. The van der Waals surface area contributed by atoms with Crippen molar-refractivity contribution in [3.05, 3.63) is 132 Å². The van der Waals surface area contributed by atoms with E-state index in [9.17, 15) is 0 Å². The third kappa shape index (κ3) is 7.50. The minimum absolute atomic E-state index is 0. The Morgan fingerprint density at radius 3 is 1.22 bits per heavy atom. The molecule has 0 radical (unpaired) electrons. The number of para-hydroxylation sites is 2. The van der Waals surface area contributed by atoms with E-state index in [1.54, 1.807) is 0 Å². The Hall–Kier alpha value is -4.86. The first kappa shape index (κ1) is 35.6. The molecule has 234 valence electrons. The van der Waals surface area contributed by atoms with Gasteiger partial charge in [0.25, 0.3) is 0 Å². The SMILES string of the molecule is Cl.Cl.Cl.Cl.N=C(Nc1ccccc1)c1ccc2nc(-c3ccc(-c4nc5ccc(C(=N)Nc6ccccc6)cc5[nH]4)cc3)[nH]c2c1. The third-order valence-corrected chi connectivity index (χ3v) is 7.06. The fourth-order valence-electron chi connectivity index (χ4n) is 4.87. The first-order valence-electron chi connectivity index (χ1n) is 13.5. The van der Waals surface area contributed by atoms with Crippen LogP contribution in [0.1, 0.15) is 11.1 Å². The highest BCUT2D eigenvalue weighted by atomic mass is 35.5. The number of aromatic amines is 2. The molecule has 46 heavy (non-hydrogen) atoms. The Bertz CT molecular complexity index is 1930. The number of rotatable bonds is 6. The first-order valence-corrected chi connectivity index (χ1v) is 13.5. The molecule has 0 spiro atoms. The van der Waals surface area contributed by atoms with Crippen LogP contribution in [-0.2, 0) is 0 Å². The molecule has 7 aromatic rings. The van der Waals surface area contributed by atoms with E-state index < -0.39 is 0 Å². The van der Waals surface area contributed by atoms with Crippen molar-refractivity contribution in [2.24, 2.45) is 0 Å². The van der Waals surface area contributed by atoms with Gasteiger partial charge in [0.2, 0.25) is 0 Å². The Balaban J connectivity index is 0.00000144. The standard InChI is InChI=1S/C34H26N8.4ClH/c35-31(37-25-7-3-1-4-8-25)23-15-17-27-29(19-23)41-33(39-27)21-11-13-22(14-12-21)34-40-28-18-16-24(20-30(28)42-34)32(36)38-26-9-5-2-6-10-26;;;;/h1-20H,(H2,35,37)(H2,36,38)(H,39,41)(H,40,42);4*1H. The van der Waals surface area contributed by atoms with E-state index in [0.717, 1.165) is 67.3 Å². The van der Waals surface area contributed by atoms with Gasteiger partial charge in [-0.25, -0.2) is 9.97 Å². The van der Waals surface area contributed by atoms with Gasteiger partial charge in [-0.05, 0) is 60.7 Å². The van der Waals surface area contributed by atoms with E-state index in [-0.39, 0.29) is 49.6 Å². The highest BCUT2D eigenvalue weighted by Gasteiger charge is 2.12. The van der Waals surface area contributed by atoms with Crippen molar-refractivity contribution >= 4 is 94.7 Å². The fraction of sp³-hybridized carbons (Fsp3) is 0.